The normalized spacial score (nSPS) is 12.8. The van der Waals surface area contributed by atoms with Crippen LogP contribution in [0.15, 0.2) is 35.4 Å². The topological polar surface area (TPSA) is 90.4 Å². The molecule has 0 spiro atoms. The standard InChI is InChI=1S/C19H23N3O3/c1-11(2)6-12(20)10-25-18-8-16-14(7-17(18)23)13-4-5-21-9-15(13)19(24)22(16)3/h4-5,7-9,11-12,23H,6,10,20H2,1-3H3. The number of fused-ring (bicyclic) bond motifs is 3. The highest BCUT2D eigenvalue weighted by atomic mass is 16.5. The quantitative estimate of drug-likeness (QED) is 0.696. The van der Waals surface area contributed by atoms with Crippen molar-refractivity contribution in [1.82, 2.24) is 9.55 Å². The molecule has 3 N–H and O–H groups in total. The lowest BCUT2D eigenvalue weighted by atomic mass is 10.1. The average molecular weight is 341 g/mol. The van der Waals surface area contributed by atoms with Crippen LogP contribution in [0.1, 0.15) is 20.3 Å². The Balaban J connectivity index is 2.06. The molecule has 1 aromatic carbocycles. The van der Waals surface area contributed by atoms with E-state index < -0.39 is 0 Å². The summed E-state index contributed by atoms with van der Waals surface area (Å²) in [4.78, 5) is 16.5. The molecule has 6 heteroatoms. The first-order valence-electron chi connectivity index (χ1n) is 8.36. The number of phenols is 1. The zero-order valence-corrected chi connectivity index (χ0v) is 14.7. The molecule has 1 atom stereocenters. The number of phenolic OH excluding ortho intramolecular Hbond substituents is 1. The van der Waals surface area contributed by atoms with Crippen LogP contribution in [0.25, 0.3) is 21.7 Å². The maximum Gasteiger partial charge on any atom is 0.260 e. The highest BCUT2D eigenvalue weighted by molar-refractivity contribution is 6.06. The van der Waals surface area contributed by atoms with Gasteiger partial charge in [0.1, 0.15) is 6.61 Å². The summed E-state index contributed by atoms with van der Waals surface area (Å²) in [6, 6.07) is 4.98. The van der Waals surface area contributed by atoms with Crippen molar-refractivity contribution < 1.29 is 9.84 Å². The Morgan fingerprint density at radius 1 is 1.28 bits per heavy atom. The molecular weight excluding hydrogens is 318 g/mol. The number of nitrogens with two attached hydrogens (primary N) is 1. The number of hydrogen-bond acceptors (Lipinski definition) is 5. The molecule has 0 aliphatic carbocycles. The summed E-state index contributed by atoms with van der Waals surface area (Å²) in [6.45, 7) is 4.51. The van der Waals surface area contributed by atoms with Crippen molar-refractivity contribution >= 4 is 21.7 Å². The van der Waals surface area contributed by atoms with E-state index >= 15 is 0 Å². The van der Waals surface area contributed by atoms with Gasteiger partial charge in [-0.15, -0.1) is 0 Å². The molecule has 2 heterocycles. The van der Waals surface area contributed by atoms with E-state index in [-0.39, 0.29) is 17.4 Å². The fraction of sp³-hybridized carbons (Fsp3) is 0.368. The van der Waals surface area contributed by atoms with Crippen molar-refractivity contribution in [2.75, 3.05) is 6.61 Å². The summed E-state index contributed by atoms with van der Waals surface area (Å²) in [5, 5.41) is 12.4. The molecule has 6 nitrogen and oxygen atoms in total. The molecule has 25 heavy (non-hydrogen) atoms. The third-order valence-electron chi connectivity index (χ3n) is 4.31. The number of aryl methyl sites for hydroxylation is 1. The van der Waals surface area contributed by atoms with Gasteiger partial charge in [-0.2, -0.15) is 0 Å². The van der Waals surface area contributed by atoms with Crippen molar-refractivity contribution in [1.29, 1.82) is 0 Å². The minimum absolute atomic E-state index is 0.0287. The largest absolute Gasteiger partial charge is 0.504 e. The van der Waals surface area contributed by atoms with E-state index in [1.807, 2.05) is 0 Å². The second-order valence-corrected chi connectivity index (χ2v) is 6.82. The van der Waals surface area contributed by atoms with Gasteiger partial charge in [-0.05, 0) is 29.9 Å². The minimum Gasteiger partial charge on any atom is -0.504 e. The van der Waals surface area contributed by atoms with Crippen LogP contribution in [0.2, 0.25) is 0 Å². The van der Waals surface area contributed by atoms with E-state index in [2.05, 4.69) is 18.8 Å². The first kappa shape index (κ1) is 17.2. The molecular formula is C19H23N3O3. The monoisotopic (exact) mass is 341 g/mol. The molecule has 1 unspecified atom stereocenters. The summed E-state index contributed by atoms with van der Waals surface area (Å²) < 4.78 is 7.25. The number of nitrogens with zero attached hydrogens (tertiary/aromatic N) is 2. The van der Waals surface area contributed by atoms with E-state index in [1.54, 1.807) is 42.2 Å². The highest BCUT2D eigenvalue weighted by Crippen LogP contribution is 2.33. The molecule has 0 bridgehead atoms. The van der Waals surface area contributed by atoms with Crippen molar-refractivity contribution in [2.24, 2.45) is 18.7 Å². The number of ether oxygens (including phenoxy) is 1. The van der Waals surface area contributed by atoms with E-state index in [4.69, 9.17) is 10.5 Å². The summed E-state index contributed by atoms with van der Waals surface area (Å²) in [5.41, 5.74) is 6.60. The van der Waals surface area contributed by atoms with E-state index in [9.17, 15) is 9.90 Å². The Morgan fingerprint density at radius 3 is 2.76 bits per heavy atom. The van der Waals surface area contributed by atoms with Gasteiger partial charge in [0.25, 0.3) is 5.56 Å². The number of rotatable bonds is 5. The average Bonchev–Trinajstić information content (AvgIpc) is 2.57. The second-order valence-electron chi connectivity index (χ2n) is 6.82. The third-order valence-corrected chi connectivity index (χ3v) is 4.31. The molecule has 3 rings (SSSR count). The van der Waals surface area contributed by atoms with Crippen molar-refractivity contribution in [2.45, 2.75) is 26.3 Å². The van der Waals surface area contributed by atoms with Crippen LogP contribution in [-0.2, 0) is 7.05 Å². The predicted molar refractivity (Wildman–Crippen MR) is 99.1 cm³/mol. The predicted octanol–water partition coefficient (Wildman–Crippen LogP) is 2.54. The number of aromatic nitrogens is 2. The summed E-state index contributed by atoms with van der Waals surface area (Å²) in [7, 11) is 1.70. The van der Waals surface area contributed by atoms with E-state index in [1.165, 1.54) is 0 Å². The van der Waals surface area contributed by atoms with Crippen molar-refractivity contribution in [3.63, 3.8) is 0 Å². The third kappa shape index (κ3) is 3.30. The molecule has 2 aromatic heterocycles. The zero-order valence-electron chi connectivity index (χ0n) is 14.7. The van der Waals surface area contributed by atoms with Crippen LogP contribution in [-0.4, -0.2) is 27.3 Å². The fourth-order valence-electron chi connectivity index (χ4n) is 3.13. The lowest BCUT2D eigenvalue weighted by Crippen LogP contribution is -2.29. The summed E-state index contributed by atoms with van der Waals surface area (Å²) >= 11 is 0. The first-order chi connectivity index (χ1) is 11.9. The van der Waals surface area contributed by atoms with Gasteiger partial charge < -0.3 is 20.1 Å². The molecule has 0 aliphatic heterocycles. The SMILES string of the molecule is CC(C)CC(N)COc1cc2c(cc1O)c1ccncc1c(=O)n2C. The van der Waals surface area contributed by atoms with Gasteiger partial charge >= 0.3 is 0 Å². The number of aromatic hydroxyl groups is 1. The Morgan fingerprint density at radius 2 is 2.04 bits per heavy atom. The molecule has 0 fully saturated rings. The molecule has 3 aromatic rings. The molecule has 0 radical (unpaired) electrons. The minimum atomic E-state index is -0.135. The van der Waals surface area contributed by atoms with Crippen LogP contribution in [0.5, 0.6) is 11.5 Å². The smallest absolute Gasteiger partial charge is 0.260 e. The van der Waals surface area contributed by atoms with Gasteiger partial charge in [-0.25, -0.2) is 0 Å². The number of benzene rings is 1. The zero-order chi connectivity index (χ0) is 18.1. The van der Waals surface area contributed by atoms with E-state index in [0.29, 0.717) is 29.2 Å². The summed E-state index contributed by atoms with van der Waals surface area (Å²) in [6.07, 6.45) is 4.02. The molecule has 132 valence electrons. The Hall–Kier alpha value is -2.60. The molecule has 0 amide bonds. The highest BCUT2D eigenvalue weighted by Gasteiger charge is 2.14. The maximum absolute atomic E-state index is 12.5. The Kier molecular flexibility index (Phi) is 4.63. The van der Waals surface area contributed by atoms with Gasteiger partial charge in [0.05, 0.1) is 10.9 Å². The first-order valence-corrected chi connectivity index (χ1v) is 8.36. The molecule has 0 saturated carbocycles. The van der Waals surface area contributed by atoms with Crippen LogP contribution in [0, 0.1) is 5.92 Å². The van der Waals surface area contributed by atoms with Gasteiger partial charge in [-0.3, -0.25) is 9.78 Å². The van der Waals surface area contributed by atoms with Crippen LogP contribution in [0.4, 0.5) is 0 Å². The Bertz CT molecular complexity index is 979. The van der Waals surface area contributed by atoms with Gasteiger partial charge in [0.15, 0.2) is 11.5 Å². The van der Waals surface area contributed by atoms with Gasteiger partial charge in [0.2, 0.25) is 0 Å². The Labute approximate surface area is 145 Å². The lowest BCUT2D eigenvalue weighted by molar-refractivity contribution is 0.260. The van der Waals surface area contributed by atoms with Crippen molar-refractivity contribution in [3.8, 4) is 11.5 Å². The number of pyridine rings is 2. The molecule has 0 saturated heterocycles. The van der Waals surface area contributed by atoms with Gasteiger partial charge in [-0.1, -0.05) is 13.8 Å². The second kappa shape index (κ2) is 6.72. The van der Waals surface area contributed by atoms with Gasteiger partial charge in [0, 0.05) is 36.9 Å². The van der Waals surface area contributed by atoms with Crippen LogP contribution in [0.3, 0.4) is 0 Å². The molecule has 0 aliphatic rings. The van der Waals surface area contributed by atoms with E-state index in [0.717, 1.165) is 17.2 Å². The van der Waals surface area contributed by atoms with Crippen LogP contribution < -0.4 is 16.0 Å². The summed E-state index contributed by atoms with van der Waals surface area (Å²) in [5.74, 6) is 0.834. The fourth-order valence-corrected chi connectivity index (χ4v) is 3.13. The maximum atomic E-state index is 12.5. The number of hydrogen-bond donors (Lipinski definition) is 2. The van der Waals surface area contributed by atoms with Crippen LogP contribution >= 0.6 is 0 Å². The van der Waals surface area contributed by atoms with Crippen molar-refractivity contribution in [3.05, 3.63) is 40.9 Å². The lowest BCUT2D eigenvalue weighted by Gasteiger charge is -2.17.